The van der Waals surface area contributed by atoms with Crippen LogP contribution in [0.3, 0.4) is 0 Å². The fourth-order valence-corrected chi connectivity index (χ4v) is 2.08. The predicted molar refractivity (Wildman–Crippen MR) is 67.2 cm³/mol. The Labute approximate surface area is 113 Å². The molecule has 100 valence electrons. The standard InChI is InChI=1S/C12H10N6O2/c13-4-8-2-1-3-14-11(8)17-5-9(6-17)18-7-10(12(19)20)15-16-18/h1-3,7,9H,5-6H2,(H,19,20). The molecule has 1 saturated heterocycles. The Bertz CT molecular complexity index is 698. The molecule has 0 unspecified atom stereocenters. The lowest BCUT2D eigenvalue weighted by molar-refractivity contribution is 0.0690. The summed E-state index contributed by atoms with van der Waals surface area (Å²) in [6, 6.07) is 5.58. The lowest BCUT2D eigenvalue weighted by atomic mass is 10.1. The van der Waals surface area contributed by atoms with Gasteiger partial charge in [-0.15, -0.1) is 5.10 Å². The fourth-order valence-electron chi connectivity index (χ4n) is 2.08. The molecule has 3 heterocycles. The number of carboxylic acids is 1. The summed E-state index contributed by atoms with van der Waals surface area (Å²) >= 11 is 0. The van der Waals surface area contributed by atoms with E-state index in [-0.39, 0.29) is 11.7 Å². The molecule has 0 amide bonds. The highest BCUT2D eigenvalue weighted by Crippen LogP contribution is 2.27. The number of aromatic carboxylic acids is 1. The Hall–Kier alpha value is -2.95. The van der Waals surface area contributed by atoms with E-state index in [2.05, 4.69) is 21.4 Å². The van der Waals surface area contributed by atoms with E-state index in [4.69, 9.17) is 10.4 Å². The molecule has 0 spiro atoms. The number of anilines is 1. The first-order valence-corrected chi connectivity index (χ1v) is 5.94. The Balaban J connectivity index is 1.72. The average Bonchev–Trinajstić information content (AvgIpc) is 2.87. The Kier molecular flexibility index (Phi) is 2.80. The molecule has 0 aromatic carbocycles. The monoisotopic (exact) mass is 270 g/mol. The highest BCUT2D eigenvalue weighted by molar-refractivity contribution is 5.84. The van der Waals surface area contributed by atoms with Crippen LogP contribution in [0, 0.1) is 11.3 Å². The normalized spacial score (nSPS) is 14.7. The van der Waals surface area contributed by atoms with Crippen molar-refractivity contribution >= 4 is 11.8 Å². The van der Waals surface area contributed by atoms with E-state index in [1.807, 2.05) is 4.90 Å². The van der Waals surface area contributed by atoms with Gasteiger partial charge in [-0.3, -0.25) is 0 Å². The highest BCUT2D eigenvalue weighted by Gasteiger charge is 2.31. The molecule has 1 aliphatic rings. The second-order valence-electron chi connectivity index (χ2n) is 4.43. The van der Waals surface area contributed by atoms with Gasteiger partial charge in [-0.1, -0.05) is 5.21 Å². The highest BCUT2D eigenvalue weighted by atomic mass is 16.4. The molecule has 3 rings (SSSR count). The number of nitriles is 1. The van der Waals surface area contributed by atoms with Crippen LogP contribution in [0.5, 0.6) is 0 Å². The number of carboxylic acid groups (broad SMARTS) is 1. The van der Waals surface area contributed by atoms with Gasteiger partial charge in [-0.2, -0.15) is 5.26 Å². The minimum atomic E-state index is -1.09. The van der Waals surface area contributed by atoms with Crippen LogP contribution in [-0.2, 0) is 0 Å². The van der Waals surface area contributed by atoms with Crippen molar-refractivity contribution in [1.82, 2.24) is 20.0 Å². The number of pyridine rings is 1. The molecule has 0 radical (unpaired) electrons. The zero-order valence-electron chi connectivity index (χ0n) is 10.3. The molecule has 20 heavy (non-hydrogen) atoms. The predicted octanol–water partition coefficient (Wildman–Crippen LogP) is 0.304. The number of rotatable bonds is 3. The molecule has 1 fully saturated rings. The second-order valence-corrected chi connectivity index (χ2v) is 4.43. The van der Waals surface area contributed by atoms with Gasteiger partial charge in [0.25, 0.3) is 0 Å². The molecule has 8 heteroatoms. The number of aromatic nitrogens is 4. The maximum atomic E-state index is 10.7. The number of carbonyl (C=O) groups is 1. The lowest BCUT2D eigenvalue weighted by Crippen LogP contribution is -2.48. The van der Waals surface area contributed by atoms with E-state index < -0.39 is 5.97 Å². The van der Waals surface area contributed by atoms with E-state index in [1.165, 1.54) is 10.9 Å². The molecular formula is C12H10N6O2. The maximum absolute atomic E-state index is 10.7. The molecule has 0 bridgehead atoms. The Morgan fingerprint density at radius 3 is 2.95 bits per heavy atom. The molecule has 0 aliphatic carbocycles. The van der Waals surface area contributed by atoms with Crippen LogP contribution in [0.2, 0.25) is 0 Å². The minimum Gasteiger partial charge on any atom is -0.476 e. The van der Waals surface area contributed by atoms with Gasteiger partial charge in [-0.25, -0.2) is 14.5 Å². The van der Waals surface area contributed by atoms with Crippen molar-refractivity contribution in [3.8, 4) is 6.07 Å². The van der Waals surface area contributed by atoms with Crippen LogP contribution in [0.25, 0.3) is 0 Å². The quantitative estimate of drug-likeness (QED) is 0.854. The molecule has 0 atom stereocenters. The summed E-state index contributed by atoms with van der Waals surface area (Å²) < 4.78 is 1.54. The smallest absolute Gasteiger partial charge is 0.358 e. The van der Waals surface area contributed by atoms with Gasteiger partial charge in [-0.05, 0) is 12.1 Å². The first-order chi connectivity index (χ1) is 9.69. The summed E-state index contributed by atoms with van der Waals surface area (Å²) in [7, 11) is 0. The molecular weight excluding hydrogens is 260 g/mol. The zero-order valence-corrected chi connectivity index (χ0v) is 10.3. The average molecular weight is 270 g/mol. The van der Waals surface area contributed by atoms with Crippen molar-refractivity contribution in [2.24, 2.45) is 0 Å². The van der Waals surface area contributed by atoms with Gasteiger partial charge in [0.05, 0.1) is 17.8 Å². The van der Waals surface area contributed by atoms with E-state index >= 15 is 0 Å². The third kappa shape index (κ3) is 1.95. The molecule has 1 N–H and O–H groups in total. The van der Waals surface area contributed by atoms with Gasteiger partial charge in [0.1, 0.15) is 11.9 Å². The van der Waals surface area contributed by atoms with E-state index in [9.17, 15) is 4.79 Å². The topological polar surface area (TPSA) is 108 Å². The van der Waals surface area contributed by atoms with E-state index in [0.717, 1.165) is 0 Å². The first-order valence-electron chi connectivity index (χ1n) is 5.94. The van der Waals surface area contributed by atoms with Gasteiger partial charge in [0.15, 0.2) is 5.69 Å². The van der Waals surface area contributed by atoms with Gasteiger partial charge in [0, 0.05) is 19.3 Å². The number of hydrogen-bond donors (Lipinski definition) is 1. The Morgan fingerprint density at radius 2 is 2.30 bits per heavy atom. The summed E-state index contributed by atoms with van der Waals surface area (Å²) in [4.78, 5) is 16.9. The van der Waals surface area contributed by atoms with Gasteiger partial charge < -0.3 is 10.0 Å². The molecule has 8 nitrogen and oxygen atoms in total. The Morgan fingerprint density at radius 1 is 1.50 bits per heavy atom. The summed E-state index contributed by atoms with van der Waals surface area (Å²) in [6.45, 7) is 1.24. The summed E-state index contributed by atoms with van der Waals surface area (Å²) in [6.07, 6.45) is 3.05. The van der Waals surface area contributed by atoms with Gasteiger partial charge >= 0.3 is 5.97 Å². The second kappa shape index (κ2) is 4.62. The lowest BCUT2D eigenvalue weighted by Gasteiger charge is -2.39. The van der Waals surface area contributed by atoms with Crippen molar-refractivity contribution in [2.75, 3.05) is 18.0 Å². The minimum absolute atomic E-state index is 0.0455. The van der Waals surface area contributed by atoms with Crippen molar-refractivity contribution in [1.29, 1.82) is 5.26 Å². The van der Waals surface area contributed by atoms with Crippen molar-refractivity contribution in [3.63, 3.8) is 0 Å². The molecule has 0 saturated carbocycles. The third-order valence-corrected chi connectivity index (χ3v) is 3.17. The molecule has 2 aromatic heterocycles. The SMILES string of the molecule is N#Cc1cccnc1N1CC(n2cc(C(=O)O)nn2)C1. The van der Waals surface area contributed by atoms with Crippen molar-refractivity contribution in [2.45, 2.75) is 6.04 Å². The van der Waals surface area contributed by atoms with Crippen molar-refractivity contribution < 1.29 is 9.90 Å². The summed E-state index contributed by atoms with van der Waals surface area (Å²) in [5.41, 5.74) is 0.453. The molecule has 2 aromatic rings. The van der Waals surface area contributed by atoms with E-state index in [0.29, 0.717) is 24.5 Å². The van der Waals surface area contributed by atoms with Crippen LogP contribution >= 0.6 is 0 Å². The van der Waals surface area contributed by atoms with Crippen LogP contribution in [0.4, 0.5) is 5.82 Å². The fraction of sp³-hybridized carbons (Fsp3) is 0.250. The summed E-state index contributed by atoms with van der Waals surface area (Å²) in [5.74, 6) is -0.450. The van der Waals surface area contributed by atoms with Crippen LogP contribution < -0.4 is 4.90 Å². The van der Waals surface area contributed by atoms with E-state index in [1.54, 1.807) is 18.3 Å². The maximum Gasteiger partial charge on any atom is 0.358 e. The van der Waals surface area contributed by atoms with Crippen molar-refractivity contribution in [3.05, 3.63) is 35.8 Å². The van der Waals surface area contributed by atoms with Gasteiger partial charge in [0.2, 0.25) is 0 Å². The zero-order chi connectivity index (χ0) is 14.1. The first kappa shape index (κ1) is 12.1. The largest absolute Gasteiger partial charge is 0.476 e. The van der Waals surface area contributed by atoms with Crippen LogP contribution in [0.1, 0.15) is 22.1 Å². The van der Waals surface area contributed by atoms with Crippen LogP contribution in [0.15, 0.2) is 24.5 Å². The number of hydrogen-bond acceptors (Lipinski definition) is 6. The summed E-state index contributed by atoms with van der Waals surface area (Å²) in [5, 5.41) is 25.2. The van der Waals surface area contributed by atoms with Crippen LogP contribution in [-0.4, -0.2) is 44.1 Å². The third-order valence-electron chi connectivity index (χ3n) is 3.17. The molecule has 1 aliphatic heterocycles. The number of nitrogens with zero attached hydrogens (tertiary/aromatic N) is 6.